The maximum Gasteiger partial charge on any atom is 0.410 e. The summed E-state index contributed by atoms with van der Waals surface area (Å²) in [6.45, 7) is 9.56. The van der Waals surface area contributed by atoms with E-state index in [0.717, 1.165) is 17.4 Å². The molecule has 25 heavy (non-hydrogen) atoms. The van der Waals surface area contributed by atoms with Crippen LogP contribution in [0.1, 0.15) is 38.0 Å². The van der Waals surface area contributed by atoms with Gasteiger partial charge in [0.2, 0.25) is 0 Å². The van der Waals surface area contributed by atoms with Crippen LogP contribution in [0.5, 0.6) is 5.75 Å². The van der Waals surface area contributed by atoms with Crippen LogP contribution in [0, 0.1) is 6.92 Å². The Labute approximate surface area is 147 Å². The van der Waals surface area contributed by atoms with Crippen LogP contribution in [0.15, 0.2) is 24.3 Å². The molecule has 0 saturated heterocycles. The monoisotopic (exact) mass is 344 g/mol. The van der Waals surface area contributed by atoms with Gasteiger partial charge in [0.25, 0.3) is 0 Å². The lowest BCUT2D eigenvalue weighted by Crippen LogP contribution is -2.41. The zero-order valence-electron chi connectivity index (χ0n) is 15.2. The lowest BCUT2D eigenvalue weighted by Gasteiger charge is -2.30. The number of benzene rings is 1. The Morgan fingerprint density at radius 2 is 1.88 bits per heavy atom. The zero-order chi connectivity index (χ0) is 18.0. The molecular formula is C18H24N4O3. The Morgan fingerprint density at radius 1 is 1.16 bits per heavy atom. The smallest absolute Gasteiger partial charge is 0.410 e. The van der Waals surface area contributed by atoms with Gasteiger partial charge in [-0.15, -0.1) is 10.2 Å². The van der Waals surface area contributed by atoms with E-state index in [9.17, 15) is 4.79 Å². The van der Waals surface area contributed by atoms with Gasteiger partial charge in [-0.05, 0) is 39.8 Å². The summed E-state index contributed by atoms with van der Waals surface area (Å²) in [5, 5.41) is 8.40. The predicted octanol–water partition coefficient (Wildman–Crippen LogP) is 2.92. The first kappa shape index (κ1) is 17.3. The lowest BCUT2D eigenvalue weighted by atomic mass is 10.2. The quantitative estimate of drug-likeness (QED) is 0.856. The van der Waals surface area contributed by atoms with Gasteiger partial charge in [-0.2, -0.15) is 0 Å². The molecule has 1 aromatic carbocycles. The average molecular weight is 344 g/mol. The first-order valence-corrected chi connectivity index (χ1v) is 8.40. The molecule has 134 valence electrons. The highest BCUT2D eigenvalue weighted by molar-refractivity contribution is 5.68. The van der Waals surface area contributed by atoms with Crippen molar-refractivity contribution in [2.45, 2.75) is 53.0 Å². The van der Waals surface area contributed by atoms with Crippen molar-refractivity contribution in [2.75, 3.05) is 6.54 Å². The van der Waals surface area contributed by atoms with E-state index in [-0.39, 0.29) is 6.09 Å². The number of nitrogens with zero attached hydrogens (tertiary/aromatic N) is 4. The van der Waals surface area contributed by atoms with Gasteiger partial charge in [0.1, 0.15) is 18.0 Å². The Hall–Kier alpha value is -2.57. The fourth-order valence-corrected chi connectivity index (χ4v) is 2.59. The molecule has 3 rings (SSSR count). The van der Waals surface area contributed by atoms with Crippen LogP contribution in [0.25, 0.3) is 0 Å². The van der Waals surface area contributed by atoms with E-state index in [1.807, 2.05) is 56.5 Å². The molecule has 1 aliphatic heterocycles. The lowest BCUT2D eigenvalue weighted by molar-refractivity contribution is 0.0193. The highest BCUT2D eigenvalue weighted by atomic mass is 16.6. The summed E-state index contributed by atoms with van der Waals surface area (Å²) in [7, 11) is 0. The van der Waals surface area contributed by atoms with E-state index in [2.05, 4.69) is 10.2 Å². The normalized spacial score (nSPS) is 14.2. The molecule has 2 aromatic rings. The van der Waals surface area contributed by atoms with Crippen LogP contribution in [-0.4, -0.2) is 37.9 Å². The van der Waals surface area contributed by atoms with E-state index in [1.165, 1.54) is 5.56 Å². The number of carbonyl (C=O) groups excluding carboxylic acids is 1. The van der Waals surface area contributed by atoms with Crippen molar-refractivity contribution in [1.29, 1.82) is 0 Å². The number of amides is 1. The summed E-state index contributed by atoms with van der Waals surface area (Å²) in [6, 6.07) is 7.89. The Balaban J connectivity index is 1.62. The fraction of sp³-hybridized carbons (Fsp3) is 0.500. The molecular weight excluding hydrogens is 320 g/mol. The molecule has 0 N–H and O–H groups in total. The number of fused-ring (bicyclic) bond motifs is 1. The van der Waals surface area contributed by atoms with Crippen LogP contribution in [0.2, 0.25) is 0 Å². The molecule has 0 bridgehead atoms. The molecule has 0 radical (unpaired) electrons. The van der Waals surface area contributed by atoms with Gasteiger partial charge in [-0.3, -0.25) is 4.90 Å². The second-order valence-corrected chi connectivity index (χ2v) is 7.19. The van der Waals surface area contributed by atoms with Gasteiger partial charge < -0.3 is 14.0 Å². The molecule has 0 fully saturated rings. The number of hydrogen-bond donors (Lipinski definition) is 0. The van der Waals surface area contributed by atoms with Crippen molar-refractivity contribution < 1.29 is 14.3 Å². The van der Waals surface area contributed by atoms with Crippen LogP contribution in [-0.2, 0) is 24.4 Å². The third-order valence-electron chi connectivity index (χ3n) is 3.87. The van der Waals surface area contributed by atoms with Crippen LogP contribution >= 0.6 is 0 Å². The second kappa shape index (κ2) is 6.74. The van der Waals surface area contributed by atoms with Crippen molar-refractivity contribution in [3.05, 3.63) is 41.5 Å². The molecule has 2 heterocycles. The third kappa shape index (κ3) is 4.29. The van der Waals surface area contributed by atoms with Crippen molar-refractivity contribution >= 4 is 6.09 Å². The first-order chi connectivity index (χ1) is 11.8. The number of carbonyl (C=O) groups is 1. The van der Waals surface area contributed by atoms with Crippen LogP contribution in [0.3, 0.4) is 0 Å². The van der Waals surface area contributed by atoms with Crippen molar-refractivity contribution in [3.8, 4) is 5.75 Å². The summed E-state index contributed by atoms with van der Waals surface area (Å²) >= 11 is 0. The number of aryl methyl sites for hydroxylation is 1. The number of ether oxygens (including phenoxy) is 2. The number of hydrogen-bond acceptors (Lipinski definition) is 5. The topological polar surface area (TPSA) is 69.5 Å². The molecule has 0 aliphatic carbocycles. The van der Waals surface area contributed by atoms with Crippen molar-refractivity contribution in [2.24, 2.45) is 0 Å². The van der Waals surface area contributed by atoms with E-state index < -0.39 is 5.60 Å². The fourth-order valence-electron chi connectivity index (χ4n) is 2.59. The first-order valence-electron chi connectivity index (χ1n) is 8.40. The zero-order valence-corrected chi connectivity index (χ0v) is 15.2. The van der Waals surface area contributed by atoms with Gasteiger partial charge in [0, 0.05) is 13.1 Å². The van der Waals surface area contributed by atoms with Gasteiger partial charge in [0.15, 0.2) is 11.6 Å². The minimum Gasteiger partial charge on any atom is -0.486 e. The second-order valence-electron chi connectivity index (χ2n) is 7.19. The predicted molar refractivity (Wildman–Crippen MR) is 92.2 cm³/mol. The molecule has 0 saturated carbocycles. The summed E-state index contributed by atoms with van der Waals surface area (Å²) in [5.41, 5.74) is 0.685. The number of aromatic nitrogens is 3. The molecule has 7 heteroatoms. The van der Waals surface area contributed by atoms with Gasteiger partial charge >= 0.3 is 6.09 Å². The average Bonchev–Trinajstić information content (AvgIpc) is 2.95. The van der Waals surface area contributed by atoms with Crippen molar-refractivity contribution in [1.82, 2.24) is 19.7 Å². The molecule has 1 aromatic heterocycles. The van der Waals surface area contributed by atoms with Crippen LogP contribution in [0.4, 0.5) is 4.79 Å². The van der Waals surface area contributed by atoms with Gasteiger partial charge in [-0.1, -0.05) is 17.7 Å². The molecule has 1 aliphatic rings. The van der Waals surface area contributed by atoms with E-state index in [1.54, 1.807) is 4.90 Å². The molecule has 0 spiro atoms. The van der Waals surface area contributed by atoms with Crippen LogP contribution < -0.4 is 4.74 Å². The van der Waals surface area contributed by atoms with Gasteiger partial charge in [0.05, 0.1) is 6.54 Å². The standard InChI is InChI=1S/C18H24N4O3/c1-13-5-7-14(8-6-13)24-12-16-20-19-15-11-21(9-10-22(15)16)17(23)25-18(2,3)4/h5-8H,9-12H2,1-4H3. The summed E-state index contributed by atoms with van der Waals surface area (Å²) in [4.78, 5) is 13.8. The molecule has 7 nitrogen and oxygen atoms in total. The molecule has 0 unspecified atom stereocenters. The third-order valence-corrected chi connectivity index (χ3v) is 3.87. The van der Waals surface area contributed by atoms with E-state index in [4.69, 9.17) is 9.47 Å². The summed E-state index contributed by atoms with van der Waals surface area (Å²) < 4.78 is 13.2. The highest BCUT2D eigenvalue weighted by Gasteiger charge is 2.28. The van der Waals surface area contributed by atoms with Gasteiger partial charge in [-0.25, -0.2) is 4.79 Å². The van der Waals surface area contributed by atoms with E-state index >= 15 is 0 Å². The molecule has 0 atom stereocenters. The highest BCUT2D eigenvalue weighted by Crippen LogP contribution is 2.18. The minimum atomic E-state index is -0.505. The Bertz CT molecular complexity index is 747. The Kier molecular flexibility index (Phi) is 4.65. The summed E-state index contributed by atoms with van der Waals surface area (Å²) in [6.07, 6.45) is -0.320. The Morgan fingerprint density at radius 3 is 2.56 bits per heavy atom. The maximum atomic E-state index is 12.2. The number of rotatable bonds is 3. The van der Waals surface area contributed by atoms with Crippen molar-refractivity contribution in [3.63, 3.8) is 0 Å². The largest absolute Gasteiger partial charge is 0.486 e. The maximum absolute atomic E-state index is 12.2. The minimum absolute atomic E-state index is 0.320. The SMILES string of the molecule is Cc1ccc(OCc2nnc3n2CCN(C(=O)OC(C)(C)C)C3)cc1. The summed E-state index contributed by atoms with van der Waals surface area (Å²) in [5.74, 6) is 2.31. The van der Waals surface area contributed by atoms with E-state index in [0.29, 0.717) is 26.2 Å². The molecule has 1 amide bonds.